The van der Waals surface area contributed by atoms with Gasteiger partial charge < -0.3 is 4.90 Å². The summed E-state index contributed by atoms with van der Waals surface area (Å²) < 4.78 is 1.89. The van der Waals surface area contributed by atoms with E-state index in [-0.39, 0.29) is 0 Å². The SMILES string of the molecule is Cn1cc2cccc(N3CCCC3)c2n1. The Labute approximate surface area is 89.3 Å². The van der Waals surface area contributed by atoms with Crippen LogP contribution in [-0.2, 0) is 7.05 Å². The van der Waals surface area contributed by atoms with E-state index in [1.165, 1.54) is 37.0 Å². The van der Waals surface area contributed by atoms with Crippen molar-refractivity contribution in [2.75, 3.05) is 18.0 Å². The summed E-state index contributed by atoms with van der Waals surface area (Å²) in [7, 11) is 1.98. The van der Waals surface area contributed by atoms with Crippen molar-refractivity contribution >= 4 is 16.6 Å². The van der Waals surface area contributed by atoms with Crippen molar-refractivity contribution in [1.82, 2.24) is 9.78 Å². The largest absolute Gasteiger partial charge is 0.370 e. The number of nitrogens with zero attached hydrogens (tertiary/aromatic N) is 3. The lowest BCUT2D eigenvalue weighted by Gasteiger charge is -2.17. The van der Waals surface area contributed by atoms with Crippen molar-refractivity contribution in [3.8, 4) is 0 Å². The minimum atomic E-state index is 1.14. The second-order valence-corrected chi connectivity index (χ2v) is 4.21. The molecule has 3 nitrogen and oxygen atoms in total. The second kappa shape index (κ2) is 3.26. The predicted octanol–water partition coefficient (Wildman–Crippen LogP) is 2.17. The monoisotopic (exact) mass is 201 g/mol. The maximum Gasteiger partial charge on any atom is 0.116 e. The summed E-state index contributed by atoms with van der Waals surface area (Å²) >= 11 is 0. The molecule has 15 heavy (non-hydrogen) atoms. The molecule has 0 bridgehead atoms. The Hall–Kier alpha value is -1.51. The molecule has 1 fully saturated rings. The van der Waals surface area contributed by atoms with E-state index in [0.29, 0.717) is 0 Å². The molecule has 0 atom stereocenters. The first-order valence-electron chi connectivity index (χ1n) is 5.52. The summed E-state index contributed by atoms with van der Waals surface area (Å²) in [6.07, 6.45) is 4.70. The van der Waals surface area contributed by atoms with E-state index in [9.17, 15) is 0 Å². The van der Waals surface area contributed by atoms with Crippen LogP contribution in [0.25, 0.3) is 10.9 Å². The van der Waals surface area contributed by atoms with Gasteiger partial charge in [-0.05, 0) is 18.9 Å². The number of benzene rings is 1. The van der Waals surface area contributed by atoms with Crippen molar-refractivity contribution in [2.24, 2.45) is 7.05 Å². The van der Waals surface area contributed by atoms with Crippen molar-refractivity contribution in [1.29, 1.82) is 0 Å². The molecule has 1 aromatic heterocycles. The van der Waals surface area contributed by atoms with Crippen LogP contribution in [0.4, 0.5) is 5.69 Å². The first kappa shape index (κ1) is 8.77. The number of hydrogen-bond acceptors (Lipinski definition) is 2. The van der Waals surface area contributed by atoms with Crippen LogP contribution in [0.3, 0.4) is 0 Å². The smallest absolute Gasteiger partial charge is 0.116 e. The van der Waals surface area contributed by atoms with E-state index >= 15 is 0 Å². The average Bonchev–Trinajstić information content (AvgIpc) is 2.82. The van der Waals surface area contributed by atoms with Crippen molar-refractivity contribution in [2.45, 2.75) is 12.8 Å². The van der Waals surface area contributed by atoms with Gasteiger partial charge >= 0.3 is 0 Å². The molecule has 2 aromatic rings. The Morgan fingerprint density at radius 1 is 1.20 bits per heavy atom. The molecule has 78 valence electrons. The third-order valence-electron chi connectivity index (χ3n) is 3.08. The molecule has 2 heterocycles. The molecular weight excluding hydrogens is 186 g/mol. The summed E-state index contributed by atoms with van der Waals surface area (Å²) in [5, 5.41) is 5.77. The highest BCUT2D eigenvalue weighted by Crippen LogP contribution is 2.27. The van der Waals surface area contributed by atoms with Crippen LogP contribution < -0.4 is 4.90 Å². The summed E-state index contributed by atoms with van der Waals surface area (Å²) in [5.41, 5.74) is 2.44. The number of rotatable bonds is 1. The molecule has 3 rings (SSSR count). The van der Waals surface area contributed by atoms with E-state index in [1.807, 2.05) is 11.7 Å². The first-order chi connectivity index (χ1) is 7.34. The van der Waals surface area contributed by atoms with E-state index in [2.05, 4.69) is 34.4 Å². The van der Waals surface area contributed by atoms with Crippen LogP contribution in [0, 0.1) is 0 Å². The van der Waals surface area contributed by atoms with Crippen LogP contribution in [0.2, 0.25) is 0 Å². The van der Waals surface area contributed by atoms with Crippen molar-refractivity contribution < 1.29 is 0 Å². The molecule has 0 radical (unpaired) electrons. The molecule has 0 unspecified atom stereocenters. The maximum atomic E-state index is 4.53. The minimum absolute atomic E-state index is 1.14. The molecule has 1 saturated heterocycles. The molecule has 0 spiro atoms. The van der Waals surface area contributed by atoms with E-state index in [1.54, 1.807) is 0 Å². The van der Waals surface area contributed by atoms with E-state index in [4.69, 9.17) is 0 Å². The van der Waals surface area contributed by atoms with Crippen molar-refractivity contribution in [3.63, 3.8) is 0 Å². The number of aryl methyl sites for hydroxylation is 1. The number of fused-ring (bicyclic) bond motifs is 1. The van der Waals surface area contributed by atoms with Gasteiger partial charge in [-0.15, -0.1) is 0 Å². The summed E-state index contributed by atoms with van der Waals surface area (Å²) in [5.74, 6) is 0. The van der Waals surface area contributed by atoms with Gasteiger partial charge in [-0.25, -0.2) is 0 Å². The maximum absolute atomic E-state index is 4.53. The Bertz CT molecular complexity index is 481. The van der Waals surface area contributed by atoms with E-state index in [0.717, 1.165) is 5.52 Å². The van der Waals surface area contributed by atoms with Gasteiger partial charge in [-0.1, -0.05) is 12.1 Å². The second-order valence-electron chi connectivity index (χ2n) is 4.21. The summed E-state index contributed by atoms with van der Waals surface area (Å²) in [6, 6.07) is 6.43. The highest BCUT2D eigenvalue weighted by atomic mass is 15.3. The minimum Gasteiger partial charge on any atom is -0.370 e. The molecule has 1 aliphatic heterocycles. The van der Waals surface area contributed by atoms with Gasteiger partial charge in [0.05, 0.1) is 5.69 Å². The average molecular weight is 201 g/mol. The normalized spacial score (nSPS) is 16.5. The fraction of sp³-hybridized carbons (Fsp3) is 0.417. The Balaban J connectivity index is 2.16. The van der Waals surface area contributed by atoms with Crippen LogP contribution in [0.5, 0.6) is 0 Å². The first-order valence-corrected chi connectivity index (χ1v) is 5.52. The molecule has 0 saturated carbocycles. The van der Waals surface area contributed by atoms with Crippen LogP contribution >= 0.6 is 0 Å². The molecule has 1 aromatic carbocycles. The third-order valence-corrected chi connectivity index (χ3v) is 3.08. The fourth-order valence-corrected chi connectivity index (χ4v) is 2.36. The van der Waals surface area contributed by atoms with E-state index < -0.39 is 0 Å². The van der Waals surface area contributed by atoms with Crippen molar-refractivity contribution in [3.05, 3.63) is 24.4 Å². The lowest BCUT2D eigenvalue weighted by molar-refractivity contribution is 0.778. The highest BCUT2D eigenvalue weighted by Gasteiger charge is 2.15. The lowest BCUT2D eigenvalue weighted by atomic mass is 10.2. The van der Waals surface area contributed by atoms with Gasteiger partial charge in [-0.2, -0.15) is 5.10 Å². The van der Waals surface area contributed by atoms with Gasteiger partial charge in [0, 0.05) is 31.7 Å². The summed E-state index contributed by atoms with van der Waals surface area (Å²) in [6.45, 7) is 2.35. The van der Waals surface area contributed by atoms with Gasteiger partial charge in [0.1, 0.15) is 5.52 Å². The number of hydrogen-bond donors (Lipinski definition) is 0. The predicted molar refractivity (Wildman–Crippen MR) is 62.2 cm³/mol. The zero-order valence-electron chi connectivity index (χ0n) is 8.98. The Morgan fingerprint density at radius 2 is 2.00 bits per heavy atom. The van der Waals surface area contributed by atoms with Gasteiger partial charge in [0.25, 0.3) is 0 Å². The summed E-state index contributed by atoms with van der Waals surface area (Å²) in [4.78, 5) is 2.44. The van der Waals surface area contributed by atoms with Crippen LogP contribution in [-0.4, -0.2) is 22.9 Å². The zero-order chi connectivity index (χ0) is 10.3. The number of anilines is 1. The molecular formula is C12H15N3. The topological polar surface area (TPSA) is 21.1 Å². The molecule has 0 amide bonds. The van der Waals surface area contributed by atoms with Gasteiger partial charge in [0.2, 0.25) is 0 Å². The quantitative estimate of drug-likeness (QED) is 0.705. The Morgan fingerprint density at radius 3 is 2.80 bits per heavy atom. The highest BCUT2D eigenvalue weighted by molar-refractivity contribution is 5.90. The number of aromatic nitrogens is 2. The molecule has 0 N–H and O–H groups in total. The third kappa shape index (κ3) is 1.39. The molecule has 1 aliphatic rings. The zero-order valence-corrected chi connectivity index (χ0v) is 8.98. The standard InChI is InChI=1S/C12H15N3/c1-14-9-10-5-4-6-11(12(10)13-14)15-7-2-3-8-15/h4-6,9H,2-3,7-8H2,1H3. The van der Waals surface area contributed by atoms with Crippen LogP contribution in [0.15, 0.2) is 24.4 Å². The Kier molecular flexibility index (Phi) is 1.91. The fourth-order valence-electron chi connectivity index (χ4n) is 2.36. The lowest BCUT2D eigenvalue weighted by Crippen LogP contribution is -2.17. The van der Waals surface area contributed by atoms with Gasteiger partial charge in [-0.3, -0.25) is 4.68 Å². The molecule has 0 aliphatic carbocycles. The van der Waals surface area contributed by atoms with Gasteiger partial charge in [0.15, 0.2) is 0 Å². The molecule has 3 heteroatoms. The van der Waals surface area contributed by atoms with Crippen LogP contribution in [0.1, 0.15) is 12.8 Å².